The first-order valence-electron chi connectivity index (χ1n) is 10.6. The van der Waals surface area contributed by atoms with Gasteiger partial charge in [0, 0.05) is 37.6 Å². The minimum Gasteiger partial charge on any atom is -0.497 e. The number of benzene rings is 1. The van der Waals surface area contributed by atoms with E-state index >= 15 is 0 Å². The number of anilines is 1. The van der Waals surface area contributed by atoms with Crippen LogP contribution >= 0.6 is 0 Å². The van der Waals surface area contributed by atoms with Gasteiger partial charge in [0.1, 0.15) is 5.75 Å². The number of nitrogens with one attached hydrogen (secondary N) is 1. The minimum absolute atomic E-state index is 0.0410. The zero-order valence-corrected chi connectivity index (χ0v) is 17.7. The molecule has 160 valence electrons. The quantitative estimate of drug-likeness (QED) is 0.636. The molecule has 4 rings (SSSR count). The maximum absolute atomic E-state index is 12.7. The molecule has 7 nitrogen and oxygen atoms in total. The van der Waals surface area contributed by atoms with Crippen LogP contribution < -0.4 is 15.0 Å². The summed E-state index contributed by atoms with van der Waals surface area (Å²) in [4.78, 5) is 18.9. The Hall–Kier alpha value is -3.48. The Kier molecular flexibility index (Phi) is 6.72. The van der Waals surface area contributed by atoms with Crippen molar-refractivity contribution >= 4 is 11.7 Å². The normalized spacial score (nSPS) is 16.0. The largest absolute Gasteiger partial charge is 0.497 e. The van der Waals surface area contributed by atoms with Crippen molar-refractivity contribution in [1.82, 2.24) is 20.5 Å². The number of carbonyl (C=O) groups excluding carboxylic acids is 1. The van der Waals surface area contributed by atoms with E-state index in [1.165, 1.54) is 0 Å². The van der Waals surface area contributed by atoms with Crippen LogP contribution in [-0.4, -0.2) is 47.8 Å². The zero-order chi connectivity index (χ0) is 21.5. The molecule has 1 aromatic carbocycles. The molecule has 0 bridgehead atoms. The predicted molar refractivity (Wildman–Crippen MR) is 120 cm³/mol. The lowest BCUT2D eigenvalue weighted by molar-refractivity contribution is -0.125. The van der Waals surface area contributed by atoms with Crippen molar-refractivity contribution in [3.8, 4) is 17.0 Å². The van der Waals surface area contributed by atoms with Crippen LogP contribution in [0.25, 0.3) is 11.3 Å². The molecule has 0 aliphatic carbocycles. The van der Waals surface area contributed by atoms with Crippen LogP contribution in [0.4, 0.5) is 5.82 Å². The second-order valence-electron chi connectivity index (χ2n) is 7.69. The van der Waals surface area contributed by atoms with Gasteiger partial charge < -0.3 is 15.0 Å². The number of pyridine rings is 1. The van der Waals surface area contributed by atoms with Crippen LogP contribution in [0.3, 0.4) is 0 Å². The molecule has 0 saturated carbocycles. The average molecular weight is 418 g/mol. The first kappa shape index (κ1) is 20.8. The van der Waals surface area contributed by atoms with E-state index in [0.717, 1.165) is 54.2 Å². The maximum atomic E-state index is 12.7. The predicted octanol–water partition coefficient (Wildman–Crippen LogP) is 3.12. The van der Waals surface area contributed by atoms with Crippen molar-refractivity contribution in [1.29, 1.82) is 0 Å². The molecule has 2 aromatic heterocycles. The van der Waals surface area contributed by atoms with Gasteiger partial charge in [-0.1, -0.05) is 12.1 Å². The molecule has 0 radical (unpaired) electrons. The maximum Gasteiger partial charge on any atom is 0.224 e. The molecule has 3 heterocycles. The van der Waals surface area contributed by atoms with Gasteiger partial charge in [0.25, 0.3) is 0 Å². The van der Waals surface area contributed by atoms with E-state index in [1.54, 1.807) is 19.5 Å². The van der Waals surface area contributed by atoms with E-state index in [-0.39, 0.29) is 11.8 Å². The molecule has 7 heteroatoms. The molecule has 0 spiro atoms. The molecule has 1 N–H and O–H groups in total. The lowest BCUT2D eigenvalue weighted by atomic mass is 9.97. The highest BCUT2D eigenvalue weighted by atomic mass is 16.5. The van der Waals surface area contributed by atoms with E-state index in [2.05, 4.69) is 25.4 Å². The summed E-state index contributed by atoms with van der Waals surface area (Å²) >= 11 is 0. The van der Waals surface area contributed by atoms with Gasteiger partial charge >= 0.3 is 0 Å². The molecule has 1 amide bonds. The fourth-order valence-electron chi connectivity index (χ4n) is 3.87. The van der Waals surface area contributed by atoms with Crippen molar-refractivity contribution in [2.24, 2.45) is 5.92 Å². The summed E-state index contributed by atoms with van der Waals surface area (Å²) in [6, 6.07) is 15.7. The number of carbonyl (C=O) groups is 1. The molecule has 1 fully saturated rings. The summed E-state index contributed by atoms with van der Waals surface area (Å²) in [5.41, 5.74) is 2.95. The minimum atomic E-state index is -0.0410. The van der Waals surface area contributed by atoms with Gasteiger partial charge in [0.2, 0.25) is 5.91 Å². The smallest absolute Gasteiger partial charge is 0.224 e. The number of ether oxygens (including phenoxy) is 1. The number of rotatable bonds is 7. The van der Waals surface area contributed by atoms with Crippen molar-refractivity contribution in [2.75, 3.05) is 31.6 Å². The summed E-state index contributed by atoms with van der Waals surface area (Å²) in [7, 11) is 1.66. The lowest BCUT2D eigenvalue weighted by Crippen LogP contribution is -2.43. The summed E-state index contributed by atoms with van der Waals surface area (Å²) < 4.78 is 5.26. The number of aromatic nitrogens is 3. The SMILES string of the molecule is COc1cccc(CCNC(=O)C2CCCN(c3ccc(-c4ccncc4)nn3)C2)c1. The van der Waals surface area contributed by atoms with E-state index < -0.39 is 0 Å². The summed E-state index contributed by atoms with van der Waals surface area (Å²) in [6.45, 7) is 2.16. The number of hydrogen-bond donors (Lipinski definition) is 1. The van der Waals surface area contributed by atoms with Crippen molar-refractivity contribution in [2.45, 2.75) is 19.3 Å². The van der Waals surface area contributed by atoms with Gasteiger partial charge in [-0.05, 0) is 61.2 Å². The number of piperidine rings is 1. The van der Waals surface area contributed by atoms with Gasteiger partial charge in [0.05, 0.1) is 18.7 Å². The van der Waals surface area contributed by atoms with Gasteiger partial charge in [0.15, 0.2) is 5.82 Å². The molecule has 1 aliphatic heterocycles. The van der Waals surface area contributed by atoms with E-state index in [9.17, 15) is 4.79 Å². The molecule has 1 atom stereocenters. The Morgan fingerprint density at radius 3 is 2.81 bits per heavy atom. The summed E-state index contributed by atoms with van der Waals surface area (Å²) in [5.74, 6) is 1.71. The first-order chi connectivity index (χ1) is 15.2. The molecule has 1 unspecified atom stereocenters. The second kappa shape index (κ2) is 10.0. The van der Waals surface area contributed by atoms with Gasteiger partial charge in [-0.15, -0.1) is 10.2 Å². The molecule has 1 aliphatic rings. The second-order valence-corrected chi connectivity index (χ2v) is 7.69. The van der Waals surface area contributed by atoms with E-state index in [0.29, 0.717) is 13.1 Å². The van der Waals surface area contributed by atoms with E-state index in [1.807, 2.05) is 48.5 Å². The molecule has 3 aromatic rings. The standard InChI is InChI=1S/C24H27N5O2/c1-31-21-6-2-4-18(16-21)9-14-26-24(30)20-5-3-15-29(17-20)23-8-7-22(27-28-23)19-10-12-25-13-11-19/h2,4,6-8,10-13,16,20H,3,5,9,14-15,17H2,1H3,(H,26,30). The Bertz CT molecular complexity index is 994. The fraction of sp³-hybridized carbons (Fsp3) is 0.333. The van der Waals surface area contributed by atoms with Crippen LogP contribution in [-0.2, 0) is 11.2 Å². The molecular formula is C24H27N5O2. The highest BCUT2D eigenvalue weighted by molar-refractivity contribution is 5.79. The van der Waals surface area contributed by atoms with Crippen LogP contribution in [0, 0.1) is 5.92 Å². The van der Waals surface area contributed by atoms with Gasteiger partial charge in [-0.25, -0.2) is 0 Å². The lowest BCUT2D eigenvalue weighted by Gasteiger charge is -2.32. The highest BCUT2D eigenvalue weighted by Crippen LogP contribution is 2.23. The number of amides is 1. The Morgan fingerprint density at radius 2 is 2.03 bits per heavy atom. The van der Waals surface area contributed by atoms with E-state index in [4.69, 9.17) is 4.74 Å². The topological polar surface area (TPSA) is 80.2 Å². The van der Waals surface area contributed by atoms with Gasteiger partial charge in [-0.3, -0.25) is 9.78 Å². The molecule has 31 heavy (non-hydrogen) atoms. The first-order valence-corrected chi connectivity index (χ1v) is 10.6. The third-order valence-electron chi connectivity index (χ3n) is 5.59. The Morgan fingerprint density at radius 1 is 1.16 bits per heavy atom. The summed E-state index contributed by atoms with van der Waals surface area (Å²) in [5, 5.41) is 11.9. The molecular weight excluding hydrogens is 390 g/mol. The van der Waals surface area contributed by atoms with Crippen LogP contribution in [0.15, 0.2) is 60.9 Å². The number of hydrogen-bond acceptors (Lipinski definition) is 6. The average Bonchev–Trinajstić information content (AvgIpc) is 2.85. The molecule has 1 saturated heterocycles. The van der Waals surface area contributed by atoms with Crippen LogP contribution in [0.5, 0.6) is 5.75 Å². The summed E-state index contributed by atoms with van der Waals surface area (Å²) in [6.07, 6.45) is 6.12. The van der Waals surface area contributed by atoms with Crippen LogP contribution in [0.2, 0.25) is 0 Å². The number of nitrogens with zero attached hydrogens (tertiary/aromatic N) is 4. The third-order valence-corrected chi connectivity index (χ3v) is 5.59. The Labute approximate surface area is 182 Å². The highest BCUT2D eigenvalue weighted by Gasteiger charge is 2.26. The van der Waals surface area contributed by atoms with Gasteiger partial charge in [-0.2, -0.15) is 0 Å². The third kappa shape index (κ3) is 5.36. The monoisotopic (exact) mass is 417 g/mol. The fourth-order valence-corrected chi connectivity index (χ4v) is 3.87. The van der Waals surface area contributed by atoms with Crippen LogP contribution in [0.1, 0.15) is 18.4 Å². The van der Waals surface area contributed by atoms with Crippen molar-refractivity contribution in [3.63, 3.8) is 0 Å². The van der Waals surface area contributed by atoms with Crippen molar-refractivity contribution < 1.29 is 9.53 Å². The van der Waals surface area contributed by atoms with Crippen molar-refractivity contribution in [3.05, 3.63) is 66.5 Å². The Balaban J connectivity index is 1.31. The zero-order valence-electron chi connectivity index (χ0n) is 17.7. The number of methoxy groups -OCH3 is 1.